The standard InChI is InChI=1S/C20H22N2O5/c1-13-10-17(25-2)18(26-3)11-16(13)22-20(24)9-6-14-4-7-15(8-5-14)27-12-19(21)23/h4-11H,12H2,1-3H3,(H2,21,23)(H,22,24). The molecule has 27 heavy (non-hydrogen) atoms. The zero-order valence-corrected chi connectivity index (χ0v) is 15.4. The van der Waals surface area contributed by atoms with Crippen molar-refractivity contribution in [2.24, 2.45) is 5.73 Å². The monoisotopic (exact) mass is 370 g/mol. The number of methoxy groups -OCH3 is 2. The minimum Gasteiger partial charge on any atom is -0.493 e. The number of anilines is 1. The highest BCUT2D eigenvalue weighted by Gasteiger charge is 2.09. The molecule has 0 bridgehead atoms. The van der Waals surface area contributed by atoms with Gasteiger partial charge in [0.25, 0.3) is 5.91 Å². The molecule has 0 aliphatic carbocycles. The van der Waals surface area contributed by atoms with Crippen molar-refractivity contribution in [3.05, 3.63) is 53.6 Å². The number of hydrogen-bond acceptors (Lipinski definition) is 5. The number of primary amides is 1. The van der Waals surface area contributed by atoms with E-state index in [1.807, 2.05) is 6.92 Å². The van der Waals surface area contributed by atoms with Gasteiger partial charge >= 0.3 is 0 Å². The summed E-state index contributed by atoms with van der Waals surface area (Å²) in [5.41, 5.74) is 7.32. The molecule has 0 fully saturated rings. The third-order valence-corrected chi connectivity index (χ3v) is 3.68. The average molecular weight is 370 g/mol. The van der Waals surface area contributed by atoms with E-state index < -0.39 is 5.91 Å². The minimum absolute atomic E-state index is 0.178. The van der Waals surface area contributed by atoms with Gasteiger partial charge in [0.15, 0.2) is 18.1 Å². The average Bonchev–Trinajstić information content (AvgIpc) is 2.66. The Bertz CT molecular complexity index is 844. The SMILES string of the molecule is COc1cc(C)c(NC(=O)C=Cc2ccc(OCC(N)=O)cc2)cc1OC. The second-order valence-corrected chi connectivity index (χ2v) is 5.67. The zero-order chi connectivity index (χ0) is 19.8. The van der Waals surface area contributed by atoms with Crippen LogP contribution in [0.15, 0.2) is 42.5 Å². The Kier molecular flexibility index (Phi) is 6.82. The molecule has 0 spiro atoms. The van der Waals surface area contributed by atoms with Gasteiger partial charge in [-0.2, -0.15) is 0 Å². The number of nitrogens with two attached hydrogens (primary N) is 1. The predicted octanol–water partition coefficient (Wildman–Crippen LogP) is 2.53. The molecule has 0 aliphatic rings. The molecule has 0 saturated heterocycles. The summed E-state index contributed by atoms with van der Waals surface area (Å²) < 4.78 is 15.7. The fourth-order valence-corrected chi connectivity index (χ4v) is 2.29. The Labute approximate surface area is 157 Å². The van der Waals surface area contributed by atoms with Crippen LogP contribution in [0.3, 0.4) is 0 Å². The van der Waals surface area contributed by atoms with Crippen LogP contribution in [-0.2, 0) is 9.59 Å². The first-order valence-electron chi connectivity index (χ1n) is 8.15. The highest BCUT2D eigenvalue weighted by atomic mass is 16.5. The molecule has 0 saturated carbocycles. The van der Waals surface area contributed by atoms with Crippen molar-refractivity contribution < 1.29 is 23.8 Å². The number of ether oxygens (including phenoxy) is 3. The third-order valence-electron chi connectivity index (χ3n) is 3.68. The summed E-state index contributed by atoms with van der Waals surface area (Å²) in [6.07, 6.45) is 3.10. The Hall–Kier alpha value is -3.48. The molecule has 0 heterocycles. The van der Waals surface area contributed by atoms with Crippen LogP contribution in [0, 0.1) is 6.92 Å². The van der Waals surface area contributed by atoms with Crippen molar-refractivity contribution in [3.8, 4) is 17.2 Å². The van der Waals surface area contributed by atoms with E-state index in [4.69, 9.17) is 19.9 Å². The van der Waals surface area contributed by atoms with Gasteiger partial charge in [0.1, 0.15) is 5.75 Å². The van der Waals surface area contributed by atoms with Gasteiger partial charge in [-0.05, 0) is 42.3 Å². The molecule has 142 valence electrons. The maximum Gasteiger partial charge on any atom is 0.255 e. The van der Waals surface area contributed by atoms with E-state index >= 15 is 0 Å². The normalized spacial score (nSPS) is 10.5. The molecule has 2 aromatic carbocycles. The summed E-state index contributed by atoms with van der Waals surface area (Å²) in [4.78, 5) is 22.9. The highest BCUT2D eigenvalue weighted by molar-refractivity contribution is 6.02. The van der Waals surface area contributed by atoms with Crippen LogP contribution in [0.5, 0.6) is 17.2 Å². The number of aryl methyl sites for hydroxylation is 1. The molecule has 2 amide bonds. The van der Waals surface area contributed by atoms with Crippen LogP contribution in [0.2, 0.25) is 0 Å². The van der Waals surface area contributed by atoms with Gasteiger partial charge in [0.2, 0.25) is 5.91 Å². The molecule has 7 heteroatoms. The van der Waals surface area contributed by atoms with Crippen molar-refractivity contribution in [2.75, 3.05) is 26.1 Å². The highest BCUT2D eigenvalue weighted by Crippen LogP contribution is 2.32. The van der Waals surface area contributed by atoms with Crippen molar-refractivity contribution in [2.45, 2.75) is 6.92 Å². The third kappa shape index (κ3) is 5.78. The summed E-state index contributed by atoms with van der Waals surface area (Å²) >= 11 is 0. The molecule has 2 aromatic rings. The summed E-state index contributed by atoms with van der Waals surface area (Å²) in [6, 6.07) is 10.4. The Morgan fingerprint density at radius 2 is 1.70 bits per heavy atom. The maximum absolute atomic E-state index is 12.2. The molecule has 0 radical (unpaired) electrons. The summed E-state index contributed by atoms with van der Waals surface area (Å²) in [6.45, 7) is 1.69. The van der Waals surface area contributed by atoms with E-state index in [1.54, 1.807) is 49.6 Å². The van der Waals surface area contributed by atoms with Crippen molar-refractivity contribution in [1.82, 2.24) is 0 Å². The number of carbonyl (C=O) groups is 2. The lowest BCUT2D eigenvalue weighted by Crippen LogP contribution is -2.19. The van der Waals surface area contributed by atoms with E-state index in [1.165, 1.54) is 13.2 Å². The molecule has 0 aliphatic heterocycles. The van der Waals surface area contributed by atoms with Crippen LogP contribution in [0.25, 0.3) is 6.08 Å². The first-order valence-corrected chi connectivity index (χ1v) is 8.15. The minimum atomic E-state index is -0.541. The topological polar surface area (TPSA) is 99.9 Å². The number of nitrogens with one attached hydrogen (secondary N) is 1. The Balaban J connectivity index is 2.02. The largest absolute Gasteiger partial charge is 0.493 e. The van der Waals surface area contributed by atoms with E-state index in [0.717, 1.165) is 11.1 Å². The second kappa shape index (κ2) is 9.28. The van der Waals surface area contributed by atoms with Gasteiger partial charge in [-0.3, -0.25) is 9.59 Å². The number of carbonyl (C=O) groups excluding carboxylic acids is 2. The Morgan fingerprint density at radius 3 is 2.30 bits per heavy atom. The van der Waals surface area contributed by atoms with Gasteiger partial charge in [0, 0.05) is 17.8 Å². The van der Waals surface area contributed by atoms with Crippen molar-refractivity contribution >= 4 is 23.6 Å². The molecule has 0 unspecified atom stereocenters. The molecular weight excluding hydrogens is 348 g/mol. The summed E-state index contributed by atoms with van der Waals surface area (Å²) in [7, 11) is 3.10. The van der Waals surface area contributed by atoms with Crippen molar-refractivity contribution in [1.29, 1.82) is 0 Å². The fourth-order valence-electron chi connectivity index (χ4n) is 2.29. The quantitative estimate of drug-likeness (QED) is 0.696. The number of hydrogen-bond donors (Lipinski definition) is 2. The van der Waals surface area contributed by atoms with E-state index in [2.05, 4.69) is 5.32 Å². The lowest BCUT2D eigenvalue weighted by molar-refractivity contribution is -0.120. The first kappa shape index (κ1) is 19.8. The van der Waals surface area contributed by atoms with Gasteiger partial charge in [0.05, 0.1) is 14.2 Å². The Morgan fingerprint density at radius 1 is 1.07 bits per heavy atom. The molecule has 0 aromatic heterocycles. The van der Waals surface area contributed by atoms with E-state index in [0.29, 0.717) is 22.9 Å². The fraction of sp³-hybridized carbons (Fsp3) is 0.200. The second-order valence-electron chi connectivity index (χ2n) is 5.67. The number of amides is 2. The molecule has 0 atom stereocenters. The van der Waals surface area contributed by atoms with Crippen LogP contribution in [-0.4, -0.2) is 32.6 Å². The summed E-state index contributed by atoms with van der Waals surface area (Å²) in [5.74, 6) is 0.841. The number of rotatable bonds is 8. The molecule has 3 N–H and O–H groups in total. The van der Waals surface area contributed by atoms with Crippen LogP contribution in [0.4, 0.5) is 5.69 Å². The molecule has 7 nitrogen and oxygen atoms in total. The maximum atomic E-state index is 12.2. The lowest BCUT2D eigenvalue weighted by atomic mass is 10.1. The van der Waals surface area contributed by atoms with Gasteiger partial charge < -0.3 is 25.3 Å². The van der Waals surface area contributed by atoms with Gasteiger partial charge in [-0.1, -0.05) is 12.1 Å². The van der Waals surface area contributed by atoms with Crippen LogP contribution < -0.4 is 25.3 Å². The molecule has 2 rings (SSSR count). The molecular formula is C20H22N2O5. The number of benzene rings is 2. The van der Waals surface area contributed by atoms with Gasteiger partial charge in [-0.25, -0.2) is 0 Å². The van der Waals surface area contributed by atoms with Crippen LogP contribution >= 0.6 is 0 Å². The van der Waals surface area contributed by atoms with E-state index in [9.17, 15) is 9.59 Å². The van der Waals surface area contributed by atoms with Crippen molar-refractivity contribution in [3.63, 3.8) is 0 Å². The smallest absolute Gasteiger partial charge is 0.255 e. The van der Waals surface area contributed by atoms with E-state index in [-0.39, 0.29) is 12.5 Å². The summed E-state index contributed by atoms with van der Waals surface area (Å²) in [5, 5.41) is 2.81. The zero-order valence-electron chi connectivity index (χ0n) is 15.4. The van der Waals surface area contributed by atoms with Crippen LogP contribution in [0.1, 0.15) is 11.1 Å². The lowest BCUT2D eigenvalue weighted by Gasteiger charge is -2.12. The van der Waals surface area contributed by atoms with Gasteiger partial charge in [-0.15, -0.1) is 0 Å². The first-order chi connectivity index (χ1) is 12.9. The predicted molar refractivity (Wildman–Crippen MR) is 103 cm³/mol.